The number of hydrogen-bond acceptors (Lipinski definition) is 2. The van der Waals surface area contributed by atoms with Crippen molar-refractivity contribution in [2.75, 3.05) is 6.54 Å². The number of carbonyl (C=O) groups is 1. The molecule has 1 unspecified atom stereocenters. The van der Waals surface area contributed by atoms with E-state index in [-0.39, 0.29) is 12.0 Å². The number of aliphatic hydroxyl groups excluding tert-OH is 1. The molecule has 0 aromatic carbocycles. The summed E-state index contributed by atoms with van der Waals surface area (Å²) in [4.78, 5) is 10.6. The van der Waals surface area contributed by atoms with E-state index in [1.54, 1.807) is 0 Å². The van der Waals surface area contributed by atoms with Gasteiger partial charge in [0, 0.05) is 13.5 Å². The molecule has 0 bridgehead atoms. The lowest BCUT2D eigenvalue weighted by molar-refractivity contribution is -0.119. The highest BCUT2D eigenvalue weighted by Gasteiger charge is 2.21. The maximum Gasteiger partial charge on any atom is 0.216 e. The quantitative estimate of drug-likeness (QED) is 0.691. The standard InChI is InChI=1S/C10H19NO2/c1-8(12)11-7-10(13)9-5-3-2-4-6-9/h9-10,13H,2-7H2,1H3,(H,11,12). The van der Waals surface area contributed by atoms with Gasteiger partial charge in [-0.1, -0.05) is 19.3 Å². The molecule has 13 heavy (non-hydrogen) atoms. The van der Waals surface area contributed by atoms with Gasteiger partial charge in [-0.25, -0.2) is 0 Å². The second-order valence-corrected chi connectivity index (χ2v) is 3.90. The second-order valence-electron chi connectivity index (χ2n) is 3.90. The van der Waals surface area contributed by atoms with Crippen LogP contribution in [0.4, 0.5) is 0 Å². The summed E-state index contributed by atoms with van der Waals surface area (Å²) >= 11 is 0. The lowest BCUT2D eigenvalue weighted by Gasteiger charge is -2.26. The van der Waals surface area contributed by atoms with Gasteiger partial charge in [-0.15, -0.1) is 0 Å². The molecule has 0 saturated heterocycles. The fourth-order valence-electron chi connectivity index (χ4n) is 1.93. The zero-order valence-corrected chi connectivity index (χ0v) is 8.25. The lowest BCUT2D eigenvalue weighted by Crippen LogP contribution is -2.35. The number of nitrogens with one attached hydrogen (secondary N) is 1. The van der Waals surface area contributed by atoms with Gasteiger partial charge in [0.1, 0.15) is 0 Å². The SMILES string of the molecule is CC(=O)NCC(O)C1CCCCC1. The molecule has 0 aromatic heterocycles. The maximum atomic E-state index is 10.6. The van der Waals surface area contributed by atoms with Gasteiger partial charge in [0.05, 0.1) is 6.10 Å². The maximum absolute atomic E-state index is 10.6. The minimum Gasteiger partial charge on any atom is -0.391 e. The predicted octanol–water partition coefficient (Wildman–Crippen LogP) is 1.06. The average Bonchev–Trinajstić information content (AvgIpc) is 2.15. The summed E-state index contributed by atoms with van der Waals surface area (Å²) in [7, 11) is 0. The molecule has 1 aliphatic rings. The summed E-state index contributed by atoms with van der Waals surface area (Å²) in [6, 6.07) is 0. The summed E-state index contributed by atoms with van der Waals surface area (Å²) in [5, 5.41) is 12.4. The van der Waals surface area contributed by atoms with E-state index in [9.17, 15) is 9.90 Å². The van der Waals surface area contributed by atoms with Gasteiger partial charge >= 0.3 is 0 Å². The molecule has 3 heteroatoms. The van der Waals surface area contributed by atoms with Crippen LogP contribution in [0.25, 0.3) is 0 Å². The van der Waals surface area contributed by atoms with Crippen LogP contribution < -0.4 is 5.32 Å². The van der Waals surface area contributed by atoms with Crippen molar-refractivity contribution in [2.24, 2.45) is 5.92 Å². The molecule has 0 spiro atoms. The van der Waals surface area contributed by atoms with E-state index in [0.29, 0.717) is 12.5 Å². The molecule has 0 heterocycles. The summed E-state index contributed by atoms with van der Waals surface area (Å²) < 4.78 is 0. The fourth-order valence-corrected chi connectivity index (χ4v) is 1.93. The zero-order valence-electron chi connectivity index (χ0n) is 8.25. The molecular weight excluding hydrogens is 166 g/mol. The molecule has 0 aromatic rings. The van der Waals surface area contributed by atoms with Crippen LogP contribution >= 0.6 is 0 Å². The molecule has 1 rings (SSSR count). The lowest BCUT2D eigenvalue weighted by atomic mass is 9.85. The number of carbonyl (C=O) groups excluding carboxylic acids is 1. The Balaban J connectivity index is 2.20. The number of rotatable bonds is 3. The molecule has 0 radical (unpaired) electrons. The number of amides is 1. The van der Waals surface area contributed by atoms with Crippen molar-refractivity contribution >= 4 is 5.91 Å². The second kappa shape index (κ2) is 5.22. The predicted molar refractivity (Wildman–Crippen MR) is 51.3 cm³/mol. The molecule has 1 amide bonds. The Kier molecular flexibility index (Phi) is 4.22. The van der Waals surface area contributed by atoms with Crippen LogP contribution in [0.5, 0.6) is 0 Å². The van der Waals surface area contributed by atoms with Gasteiger partial charge < -0.3 is 10.4 Å². The number of hydrogen-bond donors (Lipinski definition) is 2. The minimum atomic E-state index is -0.343. The topological polar surface area (TPSA) is 49.3 Å². The van der Waals surface area contributed by atoms with Crippen molar-refractivity contribution < 1.29 is 9.90 Å². The van der Waals surface area contributed by atoms with Crippen LogP contribution in [0, 0.1) is 5.92 Å². The molecule has 76 valence electrons. The van der Waals surface area contributed by atoms with Gasteiger partial charge in [-0.05, 0) is 18.8 Å². The monoisotopic (exact) mass is 185 g/mol. The van der Waals surface area contributed by atoms with Gasteiger partial charge in [0.15, 0.2) is 0 Å². The first-order chi connectivity index (χ1) is 6.20. The third-order valence-electron chi connectivity index (χ3n) is 2.75. The molecular formula is C10H19NO2. The molecule has 3 nitrogen and oxygen atoms in total. The first-order valence-electron chi connectivity index (χ1n) is 5.12. The molecule has 1 fully saturated rings. The molecule has 0 aliphatic heterocycles. The number of aliphatic hydroxyl groups is 1. The smallest absolute Gasteiger partial charge is 0.216 e. The highest BCUT2D eigenvalue weighted by molar-refractivity contribution is 5.72. The van der Waals surface area contributed by atoms with E-state index in [1.165, 1.54) is 26.2 Å². The van der Waals surface area contributed by atoms with E-state index in [0.717, 1.165) is 12.8 Å². The molecule has 1 atom stereocenters. The van der Waals surface area contributed by atoms with E-state index >= 15 is 0 Å². The van der Waals surface area contributed by atoms with Crippen molar-refractivity contribution in [3.8, 4) is 0 Å². The van der Waals surface area contributed by atoms with Gasteiger partial charge in [0.2, 0.25) is 5.91 Å². The Morgan fingerprint density at radius 1 is 1.46 bits per heavy atom. The van der Waals surface area contributed by atoms with Crippen molar-refractivity contribution in [3.63, 3.8) is 0 Å². The highest BCUT2D eigenvalue weighted by Crippen LogP contribution is 2.26. The molecule has 2 N–H and O–H groups in total. The molecule has 1 aliphatic carbocycles. The van der Waals surface area contributed by atoms with E-state index in [2.05, 4.69) is 5.32 Å². The Morgan fingerprint density at radius 2 is 2.08 bits per heavy atom. The first kappa shape index (κ1) is 10.5. The fraction of sp³-hybridized carbons (Fsp3) is 0.900. The van der Waals surface area contributed by atoms with Crippen molar-refractivity contribution in [3.05, 3.63) is 0 Å². The first-order valence-corrected chi connectivity index (χ1v) is 5.12. The highest BCUT2D eigenvalue weighted by atomic mass is 16.3. The minimum absolute atomic E-state index is 0.0603. The van der Waals surface area contributed by atoms with Crippen LogP contribution in [0.3, 0.4) is 0 Å². The van der Waals surface area contributed by atoms with Crippen LogP contribution in [-0.2, 0) is 4.79 Å². The van der Waals surface area contributed by atoms with Crippen LogP contribution in [-0.4, -0.2) is 23.7 Å². The summed E-state index contributed by atoms with van der Waals surface area (Å²) in [6.07, 6.45) is 5.62. The zero-order chi connectivity index (χ0) is 9.68. The van der Waals surface area contributed by atoms with E-state index in [1.807, 2.05) is 0 Å². The summed E-state index contributed by atoms with van der Waals surface area (Å²) in [6.45, 7) is 1.90. The van der Waals surface area contributed by atoms with E-state index < -0.39 is 0 Å². The van der Waals surface area contributed by atoms with Crippen LogP contribution in [0.15, 0.2) is 0 Å². The van der Waals surface area contributed by atoms with Crippen LogP contribution in [0.2, 0.25) is 0 Å². The van der Waals surface area contributed by atoms with Gasteiger partial charge in [0.25, 0.3) is 0 Å². The summed E-state index contributed by atoms with van der Waals surface area (Å²) in [5.41, 5.74) is 0. The third-order valence-corrected chi connectivity index (χ3v) is 2.75. The summed E-state index contributed by atoms with van der Waals surface area (Å²) in [5.74, 6) is 0.343. The molecule has 1 saturated carbocycles. The van der Waals surface area contributed by atoms with Gasteiger partial charge in [-0.2, -0.15) is 0 Å². The van der Waals surface area contributed by atoms with E-state index in [4.69, 9.17) is 0 Å². The van der Waals surface area contributed by atoms with Crippen molar-refractivity contribution in [2.45, 2.75) is 45.1 Å². The van der Waals surface area contributed by atoms with Crippen molar-refractivity contribution in [1.82, 2.24) is 5.32 Å². The normalized spacial score (nSPS) is 21.1. The van der Waals surface area contributed by atoms with Crippen LogP contribution in [0.1, 0.15) is 39.0 Å². The van der Waals surface area contributed by atoms with Crippen molar-refractivity contribution in [1.29, 1.82) is 0 Å². The Labute approximate surface area is 79.5 Å². The Hall–Kier alpha value is -0.570. The largest absolute Gasteiger partial charge is 0.391 e. The Morgan fingerprint density at radius 3 is 2.62 bits per heavy atom. The third kappa shape index (κ3) is 3.77. The van der Waals surface area contributed by atoms with Gasteiger partial charge in [-0.3, -0.25) is 4.79 Å². The average molecular weight is 185 g/mol. The Bertz CT molecular complexity index is 164.